The van der Waals surface area contributed by atoms with Crippen molar-refractivity contribution in [2.24, 2.45) is 0 Å². The Morgan fingerprint density at radius 2 is 1.48 bits per heavy atom. The van der Waals surface area contributed by atoms with Crippen LogP contribution in [0.25, 0.3) is 17.2 Å². The lowest BCUT2D eigenvalue weighted by atomic mass is 9.88. The molecule has 1 unspecified atom stereocenters. The maximum absolute atomic E-state index is 9.54. The molecule has 0 saturated carbocycles. The number of aliphatic hydroxyl groups excluding tert-OH is 1. The van der Waals surface area contributed by atoms with Gasteiger partial charge in [-0.1, -0.05) is 95.7 Å². The lowest BCUT2D eigenvalue weighted by Gasteiger charge is -2.16. The van der Waals surface area contributed by atoms with Crippen LogP contribution in [0.4, 0.5) is 0 Å². The van der Waals surface area contributed by atoms with E-state index in [1.165, 1.54) is 29.4 Å². The molecular formula is C26H25BrO2. The molecule has 0 aliphatic heterocycles. The molecule has 1 N–H and O–H groups in total. The third-order valence-electron chi connectivity index (χ3n) is 4.80. The van der Waals surface area contributed by atoms with E-state index in [1.54, 1.807) is 6.08 Å². The van der Waals surface area contributed by atoms with E-state index in [-0.39, 0.29) is 0 Å². The number of hydrogen-bond acceptors (Lipinski definition) is 2. The Balaban J connectivity index is 2.10. The van der Waals surface area contributed by atoms with Crippen LogP contribution in [0.2, 0.25) is 0 Å². The number of methoxy groups -OCH3 is 1. The molecule has 0 bridgehead atoms. The van der Waals surface area contributed by atoms with Crippen LogP contribution in [0, 0.1) is 0 Å². The van der Waals surface area contributed by atoms with Crippen LogP contribution < -0.4 is 0 Å². The summed E-state index contributed by atoms with van der Waals surface area (Å²) in [5, 5.41) is 9.54. The second kappa shape index (κ2) is 10.4. The van der Waals surface area contributed by atoms with E-state index in [1.807, 2.05) is 12.1 Å². The van der Waals surface area contributed by atoms with Crippen LogP contribution in [0.5, 0.6) is 0 Å². The third-order valence-corrected chi connectivity index (χ3v) is 5.33. The third kappa shape index (κ3) is 5.54. The number of halogens is 1. The number of hydrogen-bond donors (Lipinski definition) is 1. The highest BCUT2D eigenvalue weighted by molar-refractivity contribution is 9.10. The number of benzene rings is 3. The molecule has 3 aromatic rings. The molecule has 2 nitrogen and oxygen atoms in total. The van der Waals surface area contributed by atoms with E-state index in [4.69, 9.17) is 4.74 Å². The molecule has 1 atom stereocenters. The molecule has 0 radical (unpaired) electrons. The standard InChI is InChI=1S/C26H25BrO2/c1-3-24(20-7-5-4-6-8-20)26(22-14-16-23(27)17-15-22)21-12-9-19(10-13-21)11-18-25(28)29-2/h4-18,25,28H,3H2,1-2H3/b18-11+,26-24+. The molecule has 3 heteroatoms. The van der Waals surface area contributed by atoms with Gasteiger partial charge in [-0.3, -0.25) is 0 Å². The summed E-state index contributed by atoms with van der Waals surface area (Å²) in [4.78, 5) is 0. The Bertz CT molecular complexity index is 971. The van der Waals surface area contributed by atoms with Crippen molar-refractivity contribution in [2.75, 3.05) is 7.11 Å². The monoisotopic (exact) mass is 448 g/mol. The number of ether oxygens (including phenoxy) is 1. The molecule has 3 rings (SSSR count). The molecule has 0 spiro atoms. The van der Waals surface area contributed by atoms with Crippen molar-refractivity contribution in [3.05, 3.63) is 112 Å². The fourth-order valence-electron chi connectivity index (χ4n) is 3.33. The normalized spacial score (nSPS) is 13.4. The Morgan fingerprint density at radius 3 is 2.03 bits per heavy atom. The quantitative estimate of drug-likeness (QED) is 0.318. The Kier molecular flexibility index (Phi) is 7.59. The van der Waals surface area contributed by atoms with Crippen molar-refractivity contribution in [3.8, 4) is 0 Å². The predicted molar refractivity (Wildman–Crippen MR) is 125 cm³/mol. The predicted octanol–water partition coefficient (Wildman–Crippen LogP) is 6.80. The summed E-state index contributed by atoms with van der Waals surface area (Å²) in [6, 6.07) is 27.4. The lowest BCUT2D eigenvalue weighted by molar-refractivity contribution is -0.0350. The highest BCUT2D eigenvalue weighted by Crippen LogP contribution is 2.35. The van der Waals surface area contributed by atoms with Gasteiger partial charge >= 0.3 is 0 Å². The summed E-state index contributed by atoms with van der Waals surface area (Å²) < 4.78 is 5.92. The summed E-state index contributed by atoms with van der Waals surface area (Å²) >= 11 is 3.54. The molecule has 3 aromatic carbocycles. The number of aliphatic hydroxyl groups is 1. The Labute approximate surface area is 181 Å². The lowest BCUT2D eigenvalue weighted by Crippen LogP contribution is -2.03. The SMILES string of the molecule is CC/C(=C(\c1ccc(Br)cc1)c1ccc(/C=C/C(O)OC)cc1)c1ccccc1. The molecule has 0 saturated heterocycles. The van der Waals surface area contributed by atoms with Crippen LogP contribution >= 0.6 is 15.9 Å². The van der Waals surface area contributed by atoms with Gasteiger partial charge in [0, 0.05) is 11.6 Å². The van der Waals surface area contributed by atoms with Crippen molar-refractivity contribution in [1.29, 1.82) is 0 Å². The minimum atomic E-state index is -0.891. The summed E-state index contributed by atoms with van der Waals surface area (Å²) in [6.07, 6.45) is 3.52. The van der Waals surface area contributed by atoms with Gasteiger partial charge in [-0.25, -0.2) is 0 Å². The van der Waals surface area contributed by atoms with Crippen molar-refractivity contribution in [2.45, 2.75) is 19.6 Å². The Hall–Kier alpha value is -2.46. The summed E-state index contributed by atoms with van der Waals surface area (Å²) in [5.74, 6) is 0. The van der Waals surface area contributed by atoms with Gasteiger partial charge < -0.3 is 9.84 Å². The minimum Gasteiger partial charge on any atom is -0.365 e. The summed E-state index contributed by atoms with van der Waals surface area (Å²) in [7, 11) is 1.48. The first kappa shape index (κ1) is 21.3. The Morgan fingerprint density at radius 1 is 0.897 bits per heavy atom. The van der Waals surface area contributed by atoms with Crippen LogP contribution in [-0.4, -0.2) is 18.5 Å². The van der Waals surface area contributed by atoms with Crippen LogP contribution in [0.1, 0.15) is 35.6 Å². The van der Waals surface area contributed by atoms with Gasteiger partial charge in [0.2, 0.25) is 0 Å². The van der Waals surface area contributed by atoms with E-state index in [2.05, 4.69) is 95.7 Å². The smallest absolute Gasteiger partial charge is 0.174 e. The van der Waals surface area contributed by atoms with Gasteiger partial charge in [0.15, 0.2) is 6.29 Å². The van der Waals surface area contributed by atoms with Crippen molar-refractivity contribution in [1.82, 2.24) is 0 Å². The van der Waals surface area contributed by atoms with Gasteiger partial charge in [0.05, 0.1) is 0 Å². The zero-order chi connectivity index (χ0) is 20.6. The van der Waals surface area contributed by atoms with Crippen molar-refractivity contribution >= 4 is 33.2 Å². The number of allylic oxidation sites excluding steroid dienone is 1. The van der Waals surface area contributed by atoms with Crippen LogP contribution in [-0.2, 0) is 4.74 Å². The van der Waals surface area contributed by atoms with Gasteiger partial charge in [-0.15, -0.1) is 0 Å². The van der Waals surface area contributed by atoms with E-state index < -0.39 is 6.29 Å². The second-order valence-electron chi connectivity index (χ2n) is 6.69. The zero-order valence-electron chi connectivity index (χ0n) is 16.7. The molecule has 0 aliphatic rings. The molecule has 29 heavy (non-hydrogen) atoms. The first-order valence-corrected chi connectivity index (χ1v) is 10.5. The zero-order valence-corrected chi connectivity index (χ0v) is 18.3. The molecule has 0 aliphatic carbocycles. The summed E-state index contributed by atoms with van der Waals surface area (Å²) in [5.41, 5.74) is 7.15. The first-order chi connectivity index (χ1) is 14.1. The van der Waals surface area contributed by atoms with Gasteiger partial charge in [-0.2, -0.15) is 0 Å². The molecule has 0 heterocycles. The molecule has 0 aromatic heterocycles. The fourth-order valence-corrected chi connectivity index (χ4v) is 3.59. The van der Waals surface area contributed by atoms with Crippen molar-refractivity contribution in [3.63, 3.8) is 0 Å². The van der Waals surface area contributed by atoms with Crippen LogP contribution in [0.15, 0.2) is 89.4 Å². The second-order valence-corrected chi connectivity index (χ2v) is 7.60. The topological polar surface area (TPSA) is 29.5 Å². The highest BCUT2D eigenvalue weighted by atomic mass is 79.9. The molecule has 0 amide bonds. The average Bonchev–Trinajstić information content (AvgIpc) is 2.77. The van der Waals surface area contributed by atoms with Crippen LogP contribution in [0.3, 0.4) is 0 Å². The van der Waals surface area contributed by atoms with E-state index >= 15 is 0 Å². The van der Waals surface area contributed by atoms with Gasteiger partial charge in [0.1, 0.15) is 0 Å². The maximum atomic E-state index is 9.54. The first-order valence-electron chi connectivity index (χ1n) is 9.66. The molecule has 0 fully saturated rings. The van der Waals surface area contributed by atoms with Crippen molar-refractivity contribution < 1.29 is 9.84 Å². The van der Waals surface area contributed by atoms with Gasteiger partial charge in [-0.05, 0) is 58.0 Å². The van der Waals surface area contributed by atoms with E-state index in [0.29, 0.717) is 0 Å². The molecular weight excluding hydrogens is 424 g/mol. The fraction of sp³-hybridized carbons (Fsp3) is 0.154. The molecule has 148 valence electrons. The number of rotatable bonds is 7. The van der Waals surface area contributed by atoms with E-state index in [9.17, 15) is 5.11 Å². The largest absolute Gasteiger partial charge is 0.365 e. The average molecular weight is 449 g/mol. The maximum Gasteiger partial charge on any atom is 0.174 e. The summed E-state index contributed by atoms with van der Waals surface area (Å²) in [6.45, 7) is 2.20. The minimum absolute atomic E-state index is 0.891. The van der Waals surface area contributed by atoms with Gasteiger partial charge in [0.25, 0.3) is 0 Å². The highest BCUT2D eigenvalue weighted by Gasteiger charge is 2.13. The van der Waals surface area contributed by atoms with E-state index in [0.717, 1.165) is 22.0 Å².